The van der Waals surface area contributed by atoms with Crippen molar-refractivity contribution in [1.82, 2.24) is 15.2 Å². The molecular weight excluding hydrogens is 252 g/mol. The summed E-state index contributed by atoms with van der Waals surface area (Å²) in [6.45, 7) is 12.8. The van der Waals surface area contributed by atoms with Gasteiger partial charge in [-0.3, -0.25) is 9.69 Å². The monoisotopic (exact) mass is 276 g/mol. The fraction of sp³-hybridized carbons (Fsp3) is 0.667. The highest BCUT2D eigenvalue weighted by Gasteiger charge is 2.45. The fourth-order valence-corrected chi connectivity index (χ4v) is 3.08. The summed E-state index contributed by atoms with van der Waals surface area (Å²) >= 11 is 0. The molecule has 0 saturated carbocycles. The van der Waals surface area contributed by atoms with E-state index in [1.165, 1.54) is 6.33 Å². The van der Waals surface area contributed by atoms with Gasteiger partial charge in [0.15, 0.2) is 0 Å². The van der Waals surface area contributed by atoms with Crippen LogP contribution in [0.2, 0.25) is 0 Å². The van der Waals surface area contributed by atoms with Gasteiger partial charge in [0.05, 0.1) is 0 Å². The SMILES string of the molecule is C=C1CC(C(C)(C)CC(C)CC)C(=O)N1c1ncn[nH]1. The summed E-state index contributed by atoms with van der Waals surface area (Å²) in [6.07, 6.45) is 4.28. The second-order valence-corrected chi connectivity index (χ2v) is 6.51. The van der Waals surface area contributed by atoms with Crippen molar-refractivity contribution < 1.29 is 4.79 Å². The van der Waals surface area contributed by atoms with Gasteiger partial charge in [0.2, 0.25) is 11.9 Å². The summed E-state index contributed by atoms with van der Waals surface area (Å²) in [5.74, 6) is 1.14. The van der Waals surface area contributed by atoms with Gasteiger partial charge in [-0.05, 0) is 24.2 Å². The summed E-state index contributed by atoms with van der Waals surface area (Å²) < 4.78 is 0. The van der Waals surface area contributed by atoms with Gasteiger partial charge in [0.25, 0.3) is 0 Å². The molecule has 1 aliphatic heterocycles. The molecule has 1 N–H and O–H groups in total. The van der Waals surface area contributed by atoms with Crippen molar-refractivity contribution in [2.45, 2.75) is 47.0 Å². The highest BCUT2D eigenvalue weighted by atomic mass is 16.2. The van der Waals surface area contributed by atoms with E-state index < -0.39 is 0 Å². The second-order valence-electron chi connectivity index (χ2n) is 6.51. The van der Waals surface area contributed by atoms with E-state index in [1.807, 2.05) is 0 Å². The molecule has 1 amide bonds. The molecule has 20 heavy (non-hydrogen) atoms. The number of aromatic amines is 1. The van der Waals surface area contributed by atoms with Crippen LogP contribution in [0.5, 0.6) is 0 Å². The zero-order valence-corrected chi connectivity index (χ0v) is 12.8. The average molecular weight is 276 g/mol. The molecule has 1 aromatic heterocycles. The lowest BCUT2D eigenvalue weighted by Gasteiger charge is -2.32. The van der Waals surface area contributed by atoms with E-state index in [0.717, 1.165) is 18.5 Å². The van der Waals surface area contributed by atoms with Gasteiger partial charge in [-0.1, -0.05) is 40.7 Å². The Balaban J connectivity index is 2.19. The third-order valence-corrected chi connectivity index (χ3v) is 4.40. The molecule has 1 aromatic rings. The summed E-state index contributed by atoms with van der Waals surface area (Å²) in [7, 11) is 0. The summed E-state index contributed by atoms with van der Waals surface area (Å²) in [5, 5.41) is 6.56. The highest BCUT2D eigenvalue weighted by Crippen LogP contribution is 2.44. The minimum atomic E-state index is -0.0375. The molecule has 0 radical (unpaired) electrons. The first-order valence-electron chi connectivity index (χ1n) is 7.24. The predicted molar refractivity (Wildman–Crippen MR) is 79.0 cm³/mol. The van der Waals surface area contributed by atoms with Gasteiger partial charge in [-0.2, -0.15) is 10.1 Å². The number of nitrogens with zero attached hydrogens (tertiary/aromatic N) is 3. The Morgan fingerprint density at radius 2 is 2.30 bits per heavy atom. The van der Waals surface area contributed by atoms with E-state index in [9.17, 15) is 4.79 Å². The molecule has 5 heteroatoms. The van der Waals surface area contributed by atoms with Crippen LogP contribution in [-0.4, -0.2) is 21.1 Å². The third-order valence-electron chi connectivity index (χ3n) is 4.40. The van der Waals surface area contributed by atoms with E-state index in [0.29, 0.717) is 18.3 Å². The lowest BCUT2D eigenvalue weighted by molar-refractivity contribution is -0.123. The van der Waals surface area contributed by atoms with Crippen molar-refractivity contribution in [1.29, 1.82) is 0 Å². The number of aromatic nitrogens is 3. The lowest BCUT2D eigenvalue weighted by Crippen LogP contribution is -2.35. The second kappa shape index (κ2) is 5.38. The number of nitrogens with one attached hydrogen (secondary N) is 1. The Bertz CT molecular complexity index is 492. The minimum absolute atomic E-state index is 0.0332. The van der Waals surface area contributed by atoms with Crippen LogP contribution in [0.25, 0.3) is 0 Å². The molecule has 0 bridgehead atoms. The minimum Gasteiger partial charge on any atom is -0.274 e. The maximum absolute atomic E-state index is 12.7. The lowest BCUT2D eigenvalue weighted by atomic mass is 9.71. The molecule has 2 unspecified atom stereocenters. The zero-order valence-electron chi connectivity index (χ0n) is 12.8. The number of amides is 1. The van der Waals surface area contributed by atoms with Crippen LogP contribution in [-0.2, 0) is 4.79 Å². The number of H-pyrrole nitrogens is 1. The van der Waals surface area contributed by atoms with E-state index in [2.05, 4.69) is 49.5 Å². The Hall–Kier alpha value is -1.65. The number of anilines is 1. The molecule has 2 atom stereocenters. The summed E-state index contributed by atoms with van der Waals surface area (Å²) in [5.41, 5.74) is 0.762. The molecule has 5 nitrogen and oxygen atoms in total. The number of hydrogen-bond donors (Lipinski definition) is 1. The first kappa shape index (κ1) is 14.8. The Kier molecular flexibility index (Phi) is 3.97. The van der Waals surface area contributed by atoms with Crippen LogP contribution in [0, 0.1) is 17.3 Å². The molecule has 1 saturated heterocycles. The fourth-order valence-electron chi connectivity index (χ4n) is 3.08. The Morgan fingerprint density at radius 1 is 1.60 bits per heavy atom. The summed E-state index contributed by atoms with van der Waals surface area (Å²) in [4.78, 5) is 18.4. The van der Waals surface area contributed by atoms with E-state index in [1.54, 1.807) is 4.90 Å². The van der Waals surface area contributed by atoms with Gasteiger partial charge in [0, 0.05) is 11.6 Å². The molecular formula is C15H24N4O. The quantitative estimate of drug-likeness (QED) is 0.898. The summed E-state index contributed by atoms with van der Waals surface area (Å²) in [6, 6.07) is 0. The van der Waals surface area contributed by atoms with Crippen molar-refractivity contribution in [2.24, 2.45) is 17.3 Å². The van der Waals surface area contributed by atoms with Crippen molar-refractivity contribution in [3.63, 3.8) is 0 Å². The number of allylic oxidation sites excluding steroid dienone is 1. The smallest absolute Gasteiger partial charge is 0.237 e. The van der Waals surface area contributed by atoms with Crippen molar-refractivity contribution >= 4 is 11.9 Å². The molecule has 1 aliphatic rings. The van der Waals surface area contributed by atoms with E-state index in [4.69, 9.17) is 0 Å². The zero-order chi connectivity index (χ0) is 14.9. The van der Waals surface area contributed by atoms with Gasteiger partial charge in [-0.25, -0.2) is 5.10 Å². The highest BCUT2D eigenvalue weighted by molar-refractivity contribution is 5.99. The van der Waals surface area contributed by atoms with Crippen LogP contribution in [0.15, 0.2) is 18.6 Å². The van der Waals surface area contributed by atoms with E-state index in [-0.39, 0.29) is 17.2 Å². The molecule has 0 aromatic carbocycles. The van der Waals surface area contributed by atoms with Gasteiger partial charge < -0.3 is 0 Å². The van der Waals surface area contributed by atoms with Crippen LogP contribution < -0.4 is 4.90 Å². The average Bonchev–Trinajstić information content (AvgIpc) is 2.97. The van der Waals surface area contributed by atoms with Crippen molar-refractivity contribution in [3.8, 4) is 0 Å². The number of carbonyl (C=O) groups excluding carboxylic acids is 1. The maximum Gasteiger partial charge on any atom is 0.237 e. The molecule has 0 aliphatic carbocycles. The van der Waals surface area contributed by atoms with Crippen LogP contribution in [0.3, 0.4) is 0 Å². The number of carbonyl (C=O) groups is 1. The topological polar surface area (TPSA) is 61.9 Å². The third kappa shape index (κ3) is 2.62. The maximum atomic E-state index is 12.7. The molecule has 2 rings (SSSR count). The number of hydrogen-bond acceptors (Lipinski definition) is 3. The van der Waals surface area contributed by atoms with Crippen molar-refractivity contribution in [3.05, 3.63) is 18.6 Å². The largest absolute Gasteiger partial charge is 0.274 e. The normalized spacial score (nSPS) is 21.6. The Morgan fingerprint density at radius 3 is 2.85 bits per heavy atom. The standard InChI is InChI=1S/C15H24N4O/c1-6-10(2)8-15(4,5)12-7-11(3)19(13(12)20)14-16-9-17-18-14/h9-10,12H,3,6-8H2,1-2,4-5H3,(H,16,17,18). The van der Waals surface area contributed by atoms with Gasteiger partial charge in [0.1, 0.15) is 6.33 Å². The van der Waals surface area contributed by atoms with Gasteiger partial charge in [-0.15, -0.1) is 0 Å². The first-order chi connectivity index (χ1) is 9.36. The van der Waals surface area contributed by atoms with Crippen LogP contribution >= 0.6 is 0 Å². The van der Waals surface area contributed by atoms with E-state index >= 15 is 0 Å². The number of rotatable bonds is 5. The predicted octanol–water partition coefficient (Wildman–Crippen LogP) is 3.13. The molecule has 1 fully saturated rings. The van der Waals surface area contributed by atoms with Crippen molar-refractivity contribution in [2.75, 3.05) is 4.90 Å². The first-order valence-corrected chi connectivity index (χ1v) is 7.24. The van der Waals surface area contributed by atoms with Crippen LogP contribution in [0.1, 0.15) is 47.0 Å². The molecule has 2 heterocycles. The van der Waals surface area contributed by atoms with Crippen LogP contribution in [0.4, 0.5) is 5.95 Å². The Labute approximate surface area is 120 Å². The van der Waals surface area contributed by atoms with Gasteiger partial charge >= 0.3 is 0 Å². The molecule has 0 spiro atoms. The molecule has 110 valence electrons.